The summed E-state index contributed by atoms with van der Waals surface area (Å²) in [6, 6.07) is 14.1. The lowest BCUT2D eigenvalue weighted by atomic mass is 10.0. The summed E-state index contributed by atoms with van der Waals surface area (Å²) in [4.78, 5) is 22.2. The Hall–Kier alpha value is -3.28. The standard InChI is InChI=1S/C19H17N3O3/c1-13(2)14-7-9-16(10-8-14)21-11-15(12-23)19(20-21)17-5-3-4-6-18(17)22(24)25/h3-13H,1-2H3. The number of nitro benzene ring substituents is 1. The van der Waals surface area contributed by atoms with E-state index in [-0.39, 0.29) is 5.69 Å². The Labute approximate surface area is 144 Å². The number of para-hydroxylation sites is 1. The van der Waals surface area contributed by atoms with E-state index in [0.29, 0.717) is 29.0 Å². The van der Waals surface area contributed by atoms with Gasteiger partial charge in [-0.1, -0.05) is 38.1 Å². The van der Waals surface area contributed by atoms with E-state index in [1.165, 1.54) is 11.6 Å². The molecule has 3 aromatic rings. The molecular formula is C19H17N3O3. The van der Waals surface area contributed by atoms with Crippen LogP contribution in [0.4, 0.5) is 5.69 Å². The van der Waals surface area contributed by atoms with Crippen LogP contribution in [-0.2, 0) is 0 Å². The van der Waals surface area contributed by atoms with Crippen molar-refractivity contribution in [3.8, 4) is 16.9 Å². The van der Waals surface area contributed by atoms with E-state index in [9.17, 15) is 14.9 Å². The Morgan fingerprint density at radius 1 is 1.12 bits per heavy atom. The topological polar surface area (TPSA) is 78.0 Å². The van der Waals surface area contributed by atoms with Gasteiger partial charge in [0.05, 0.1) is 21.7 Å². The quantitative estimate of drug-likeness (QED) is 0.394. The summed E-state index contributed by atoms with van der Waals surface area (Å²) in [6.45, 7) is 4.22. The van der Waals surface area contributed by atoms with Crippen molar-refractivity contribution in [3.05, 3.63) is 76.0 Å². The molecule has 0 amide bonds. The molecule has 0 bridgehead atoms. The van der Waals surface area contributed by atoms with Gasteiger partial charge in [-0.15, -0.1) is 0 Å². The predicted molar refractivity (Wildman–Crippen MR) is 95.1 cm³/mol. The van der Waals surface area contributed by atoms with Gasteiger partial charge >= 0.3 is 0 Å². The molecule has 3 rings (SSSR count). The Kier molecular flexibility index (Phi) is 4.43. The van der Waals surface area contributed by atoms with Crippen molar-refractivity contribution >= 4 is 12.0 Å². The number of carbonyl (C=O) groups excluding carboxylic acids is 1. The molecule has 0 radical (unpaired) electrons. The van der Waals surface area contributed by atoms with Gasteiger partial charge in [0, 0.05) is 12.3 Å². The first-order valence-electron chi connectivity index (χ1n) is 7.90. The third-order valence-corrected chi connectivity index (χ3v) is 4.05. The van der Waals surface area contributed by atoms with E-state index < -0.39 is 4.92 Å². The zero-order valence-corrected chi connectivity index (χ0v) is 13.9. The number of aldehydes is 1. The zero-order valence-electron chi connectivity index (χ0n) is 13.9. The highest BCUT2D eigenvalue weighted by Crippen LogP contribution is 2.31. The Bertz CT molecular complexity index is 927. The molecule has 6 nitrogen and oxygen atoms in total. The molecule has 0 fully saturated rings. The van der Waals surface area contributed by atoms with Crippen LogP contribution in [0.15, 0.2) is 54.7 Å². The van der Waals surface area contributed by atoms with Crippen molar-refractivity contribution in [2.24, 2.45) is 0 Å². The second-order valence-corrected chi connectivity index (χ2v) is 6.02. The Balaban J connectivity index is 2.09. The second kappa shape index (κ2) is 6.68. The fourth-order valence-corrected chi connectivity index (χ4v) is 2.66. The number of aromatic nitrogens is 2. The smallest absolute Gasteiger partial charge is 0.278 e. The van der Waals surface area contributed by atoms with E-state index in [4.69, 9.17) is 0 Å². The molecule has 1 heterocycles. The van der Waals surface area contributed by atoms with Crippen molar-refractivity contribution < 1.29 is 9.72 Å². The van der Waals surface area contributed by atoms with Crippen LogP contribution in [0.3, 0.4) is 0 Å². The molecule has 0 aliphatic rings. The summed E-state index contributed by atoms with van der Waals surface area (Å²) in [6.07, 6.45) is 2.25. The fourth-order valence-electron chi connectivity index (χ4n) is 2.66. The molecule has 0 atom stereocenters. The first-order chi connectivity index (χ1) is 12.0. The average molecular weight is 335 g/mol. The maximum Gasteiger partial charge on any atom is 0.278 e. The van der Waals surface area contributed by atoms with E-state index in [1.54, 1.807) is 29.1 Å². The number of hydrogen-bond donors (Lipinski definition) is 0. The molecule has 0 saturated heterocycles. The van der Waals surface area contributed by atoms with Crippen molar-refractivity contribution in [2.75, 3.05) is 0 Å². The maximum atomic E-state index is 11.4. The van der Waals surface area contributed by atoms with Crippen LogP contribution in [0.5, 0.6) is 0 Å². The summed E-state index contributed by atoms with van der Waals surface area (Å²) >= 11 is 0. The summed E-state index contributed by atoms with van der Waals surface area (Å²) in [5.74, 6) is 0.416. The number of nitro groups is 1. The van der Waals surface area contributed by atoms with Gasteiger partial charge in [0.2, 0.25) is 0 Å². The average Bonchev–Trinajstić information content (AvgIpc) is 3.06. The molecule has 0 spiro atoms. The normalized spacial score (nSPS) is 10.8. The molecule has 0 aliphatic heterocycles. The second-order valence-electron chi connectivity index (χ2n) is 6.02. The van der Waals surface area contributed by atoms with Crippen LogP contribution in [0.2, 0.25) is 0 Å². The van der Waals surface area contributed by atoms with Crippen molar-refractivity contribution in [1.29, 1.82) is 0 Å². The summed E-state index contributed by atoms with van der Waals surface area (Å²) < 4.78 is 1.57. The lowest BCUT2D eigenvalue weighted by molar-refractivity contribution is -0.384. The van der Waals surface area contributed by atoms with Gasteiger partial charge in [0.1, 0.15) is 5.69 Å². The third kappa shape index (κ3) is 3.19. The largest absolute Gasteiger partial charge is 0.298 e. The number of nitrogens with zero attached hydrogens (tertiary/aromatic N) is 3. The Morgan fingerprint density at radius 2 is 1.80 bits per heavy atom. The van der Waals surface area contributed by atoms with Gasteiger partial charge in [-0.05, 0) is 29.7 Å². The van der Waals surface area contributed by atoms with Crippen LogP contribution < -0.4 is 0 Å². The first-order valence-corrected chi connectivity index (χ1v) is 7.90. The minimum absolute atomic E-state index is 0.0778. The van der Waals surface area contributed by atoms with Crippen LogP contribution in [-0.4, -0.2) is 21.0 Å². The minimum Gasteiger partial charge on any atom is -0.298 e. The molecule has 2 aromatic carbocycles. The molecule has 1 aromatic heterocycles. The number of benzene rings is 2. The number of rotatable bonds is 5. The van der Waals surface area contributed by atoms with Gasteiger partial charge in [-0.2, -0.15) is 5.10 Å². The van der Waals surface area contributed by atoms with Crippen LogP contribution in [0.1, 0.15) is 35.7 Å². The van der Waals surface area contributed by atoms with Crippen LogP contribution >= 0.6 is 0 Å². The maximum absolute atomic E-state index is 11.4. The molecule has 0 N–H and O–H groups in total. The molecular weight excluding hydrogens is 318 g/mol. The third-order valence-electron chi connectivity index (χ3n) is 4.05. The van der Waals surface area contributed by atoms with Gasteiger partial charge < -0.3 is 0 Å². The SMILES string of the molecule is CC(C)c1ccc(-n2cc(C=O)c(-c3ccccc3[N+](=O)[O-])n2)cc1. The Morgan fingerprint density at radius 3 is 2.40 bits per heavy atom. The summed E-state index contributed by atoms with van der Waals surface area (Å²) in [5.41, 5.74) is 2.85. The predicted octanol–water partition coefficient (Wildman–Crippen LogP) is 4.38. The van der Waals surface area contributed by atoms with E-state index in [0.717, 1.165) is 5.69 Å². The van der Waals surface area contributed by atoms with Gasteiger partial charge in [-0.3, -0.25) is 14.9 Å². The molecule has 25 heavy (non-hydrogen) atoms. The molecule has 0 saturated carbocycles. The van der Waals surface area contributed by atoms with E-state index in [2.05, 4.69) is 18.9 Å². The lowest BCUT2D eigenvalue weighted by Crippen LogP contribution is -1.97. The molecule has 0 unspecified atom stereocenters. The molecule has 6 heteroatoms. The number of hydrogen-bond acceptors (Lipinski definition) is 4. The van der Waals surface area contributed by atoms with E-state index >= 15 is 0 Å². The van der Waals surface area contributed by atoms with Crippen molar-refractivity contribution in [1.82, 2.24) is 9.78 Å². The zero-order chi connectivity index (χ0) is 18.0. The van der Waals surface area contributed by atoms with Gasteiger partial charge in [0.25, 0.3) is 5.69 Å². The van der Waals surface area contributed by atoms with Crippen molar-refractivity contribution in [2.45, 2.75) is 19.8 Å². The first kappa shape index (κ1) is 16.6. The van der Waals surface area contributed by atoms with E-state index in [1.807, 2.05) is 24.3 Å². The highest BCUT2D eigenvalue weighted by molar-refractivity contribution is 5.88. The van der Waals surface area contributed by atoms with Gasteiger partial charge in [-0.25, -0.2) is 4.68 Å². The molecule has 126 valence electrons. The van der Waals surface area contributed by atoms with Crippen LogP contribution in [0, 0.1) is 10.1 Å². The van der Waals surface area contributed by atoms with Crippen LogP contribution in [0.25, 0.3) is 16.9 Å². The monoisotopic (exact) mass is 335 g/mol. The number of carbonyl (C=O) groups is 1. The lowest BCUT2D eigenvalue weighted by Gasteiger charge is -2.07. The highest BCUT2D eigenvalue weighted by atomic mass is 16.6. The van der Waals surface area contributed by atoms with Gasteiger partial charge in [0.15, 0.2) is 6.29 Å². The minimum atomic E-state index is -0.472. The molecule has 0 aliphatic carbocycles. The van der Waals surface area contributed by atoms with Crippen molar-refractivity contribution in [3.63, 3.8) is 0 Å². The fraction of sp³-hybridized carbons (Fsp3) is 0.158. The summed E-state index contributed by atoms with van der Waals surface area (Å²) in [7, 11) is 0. The summed E-state index contributed by atoms with van der Waals surface area (Å²) in [5, 5.41) is 15.7. The highest BCUT2D eigenvalue weighted by Gasteiger charge is 2.20.